The van der Waals surface area contributed by atoms with Crippen molar-refractivity contribution in [2.45, 2.75) is 5.60 Å². The van der Waals surface area contributed by atoms with Crippen LogP contribution in [0, 0.1) is 0 Å². The minimum Gasteiger partial charge on any atom is -0.508 e. The van der Waals surface area contributed by atoms with Crippen LogP contribution >= 0.6 is 9.90 Å². The van der Waals surface area contributed by atoms with Crippen LogP contribution in [0.3, 0.4) is 0 Å². The summed E-state index contributed by atoms with van der Waals surface area (Å²) in [5.74, 6) is 0.408. The molecule has 2 aliphatic rings. The van der Waals surface area contributed by atoms with Crippen molar-refractivity contribution in [1.82, 2.24) is 0 Å². The van der Waals surface area contributed by atoms with Crippen LogP contribution < -0.4 is 4.74 Å². The fourth-order valence-electron chi connectivity index (χ4n) is 3.65. The lowest BCUT2D eigenvalue weighted by molar-refractivity contribution is 0.0224. The highest BCUT2D eigenvalue weighted by Crippen LogP contribution is 2.56. The van der Waals surface area contributed by atoms with Gasteiger partial charge in [0.15, 0.2) is 5.60 Å². The minimum atomic E-state index is -1.17. The summed E-state index contributed by atoms with van der Waals surface area (Å²) in [6.45, 7) is 0. The number of hydrogen-bond donors (Lipinski definition) is 2. The van der Waals surface area contributed by atoms with Crippen LogP contribution in [0.1, 0.15) is 27.0 Å². The summed E-state index contributed by atoms with van der Waals surface area (Å²) in [5, 5.41) is 19.7. The lowest BCUT2D eigenvalue weighted by Crippen LogP contribution is -2.32. The quantitative estimate of drug-likeness (QED) is 0.468. The average molecular weight is 366 g/mol. The zero-order valence-corrected chi connectivity index (χ0v) is 15.0. The van der Waals surface area contributed by atoms with Gasteiger partial charge in [-0.2, -0.15) is 9.90 Å². The highest BCUT2D eigenvalue weighted by molar-refractivity contribution is 6.92. The molecule has 2 heterocycles. The second-order valence-electron chi connectivity index (χ2n) is 6.08. The number of aromatic hydroxyl groups is 2. The van der Waals surface area contributed by atoms with Gasteiger partial charge in [0.05, 0.1) is 5.56 Å². The zero-order valence-electron chi connectivity index (χ0n) is 13.6. The Kier molecular flexibility index (Phi) is 3.46. The van der Waals surface area contributed by atoms with Crippen molar-refractivity contribution in [3.8, 4) is 23.0 Å². The van der Waals surface area contributed by atoms with Gasteiger partial charge in [-0.05, 0) is 30.3 Å². The van der Waals surface area contributed by atoms with E-state index in [1.165, 1.54) is 24.3 Å². The average Bonchev–Trinajstić information content (AvgIpc) is 2.88. The van der Waals surface area contributed by atoms with Crippen LogP contribution in [0.5, 0.6) is 23.0 Å². The third-order valence-corrected chi connectivity index (χ3v) is 4.68. The number of carbonyl (C=O) groups excluding carboxylic acids is 1. The first kappa shape index (κ1) is 16.4. The number of esters is 1. The first-order valence-corrected chi connectivity index (χ1v) is 7.77. The van der Waals surface area contributed by atoms with Crippen molar-refractivity contribution in [1.29, 1.82) is 0 Å². The van der Waals surface area contributed by atoms with Crippen molar-refractivity contribution in [2.24, 2.45) is 0 Å². The number of hydrogen-bond acceptors (Lipinski definition) is 5. The molecule has 130 valence electrons. The predicted molar refractivity (Wildman–Crippen MR) is 99.1 cm³/mol. The van der Waals surface area contributed by atoms with Crippen molar-refractivity contribution >= 4 is 15.9 Å². The SMILES string of the molecule is O=C1OC2(c3ccc(O)cc3Oc3cc(O)ccc32)c2ccccc21.P. The lowest BCUT2D eigenvalue weighted by atomic mass is 9.77. The molecule has 3 aromatic carbocycles. The summed E-state index contributed by atoms with van der Waals surface area (Å²) >= 11 is 0. The molecule has 1 atom stereocenters. The molecule has 0 saturated heterocycles. The third kappa shape index (κ3) is 1.98. The molecule has 26 heavy (non-hydrogen) atoms. The van der Waals surface area contributed by atoms with Crippen LogP contribution in [0.4, 0.5) is 0 Å². The molecule has 0 saturated carbocycles. The molecule has 1 unspecified atom stereocenters. The van der Waals surface area contributed by atoms with Gasteiger partial charge in [0.25, 0.3) is 0 Å². The Hall–Kier alpha value is -3.04. The van der Waals surface area contributed by atoms with Gasteiger partial charge in [-0.15, -0.1) is 0 Å². The van der Waals surface area contributed by atoms with E-state index in [4.69, 9.17) is 9.47 Å². The Labute approximate surface area is 152 Å². The van der Waals surface area contributed by atoms with E-state index in [0.29, 0.717) is 33.8 Å². The fourth-order valence-corrected chi connectivity index (χ4v) is 3.65. The number of ether oxygens (including phenoxy) is 2. The largest absolute Gasteiger partial charge is 0.508 e. The third-order valence-electron chi connectivity index (χ3n) is 4.68. The van der Waals surface area contributed by atoms with Crippen LogP contribution in [0.25, 0.3) is 0 Å². The van der Waals surface area contributed by atoms with Crippen molar-refractivity contribution < 1.29 is 24.5 Å². The number of rotatable bonds is 0. The monoisotopic (exact) mass is 366 g/mol. The van der Waals surface area contributed by atoms with Gasteiger partial charge >= 0.3 is 5.97 Å². The molecule has 5 rings (SSSR count). The van der Waals surface area contributed by atoms with Crippen molar-refractivity contribution in [3.05, 3.63) is 82.9 Å². The van der Waals surface area contributed by atoms with E-state index < -0.39 is 11.6 Å². The molecule has 1 spiro atoms. The Morgan fingerprint density at radius 2 is 1.35 bits per heavy atom. The molecule has 0 bridgehead atoms. The summed E-state index contributed by atoms with van der Waals surface area (Å²) in [6.07, 6.45) is 0. The highest BCUT2D eigenvalue weighted by Gasteiger charge is 2.53. The molecule has 0 aliphatic carbocycles. The van der Waals surface area contributed by atoms with Gasteiger partial charge in [0.1, 0.15) is 23.0 Å². The van der Waals surface area contributed by atoms with E-state index in [0.717, 1.165) is 0 Å². The first-order chi connectivity index (χ1) is 12.1. The highest BCUT2D eigenvalue weighted by atomic mass is 31.0. The van der Waals surface area contributed by atoms with Gasteiger partial charge in [0.2, 0.25) is 0 Å². The molecule has 3 aromatic rings. The van der Waals surface area contributed by atoms with Gasteiger partial charge in [-0.3, -0.25) is 0 Å². The van der Waals surface area contributed by atoms with Gasteiger partial charge in [0, 0.05) is 28.8 Å². The second-order valence-corrected chi connectivity index (χ2v) is 6.08. The molecule has 0 radical (unpaired) electrons. The normalized spacial score (nSPS) is 15.2. The zero-order chi connectivity index (χ0) is 17.2. The van der Waals surface area contributed by atoms with Gasteiger partial charge in [-0.25, -0.2) is 4.79 Å². The standard InChI is InChI=1S/C20H12O5.H3P/c21-11-5-7-15-17(9-11)24-18-10-12(22)6-8-16(18)20(15)14-4-2-1-3-13(14)19(23)25-20;/h1-10,21-22H;1H3. The molecule has 0 amide bonds. The van der Waals surface area contributed by atoms with E-state index >= 15 is 0 Å². The predicted octanol–water partition coefficient (Wildman–Crippen LogP) is 3.72. The maximum Gasteiger partial charge on any atom is 0.340 e. The summed E-state index contributed by atoms with van der Waals surface area (Å²) < 4.78 is 11.8. The number of phenolic OH excluding ortho intramolecular Hbond substituents is 2. The summed E-state index contributed by atoms with van der Waals surface area (Å²) in [4.78, 5) is 12.5. The number of carbonyl (C=O) groups is 1. The Bertz CT molecular complexity index is 1010. The van der Waals surface area contributed by atoms with E-state index in [1.807, 2.05) is 12.1 Å². The minimum absolute atomic E-state index is 0. The Morgan fingerprint density at radius 3 is 1.96 bits per heavy atom. The molecule has 0 aromatic heterocycles. The Balaban J connectivity index is 0.00000168. The number of phenols is 2. The van der Waals surface area contributed by atoms with E-state index in [-0.39, 0.29) is 21.4 Å². The van der Waals surface area contributed by atoms with Crippen molar-refractivity contribution in [3.63, 3.8) is 0 Å². The maximum absolute atomic E-state index is 12.5. The van der Waals surface area contributed by atoms with Gasteiger partial charge < -0.3 is 19.7 Å². The summed E-state index contributed by atoms with van der Waals surface area (Å²) in [7, 11) is 0. The maximum atomic E-state index is 12.5. The molecule has 6 heteroatoms. The summed E-state index contributed by atoms with van der Waals surface area (Å²) in [6, 6.07) is 16.6. The summed E-state index contributed by atoms with van der Waals surface area (Å²) in [5.41, 5.74) is 1.28. The smallest absolute Gasteiger partial charge is 0.340 e. The van der Waals surface area contributed by atoms with E-state index in [9.17, 15) is 15.0 Å². The van der Waals surface area contributed by atoms with Crippen LogP contribution in [-0.2, 0) is 10.3 Å². The topological polar surface area (TPSA) is 76.0 Å². The number of benzene rings is 3. The second kappa shape index (κ2) is 5.48. The fraction of sp³-hybridized carbons (Fsp3) is 0.0500. The van der Waals surface area contributed by atoms with E-state index in [1.54, 1.807) is 24.3 Å². The molecule has 0 fully saturated rings. The van der Waals surface area contributed by atoms with Crippen LogP contribution in [0.2, 0.25) is 0 Å². The van der Waals surface area contributed by atoms with E-state index in [2.05, 4.69) is 0 Å². The van der Waals surface area contributed by atoms with Crippen molar-refractivity contribution in [2.75, 3.05) is 0 Å². The Morgan fingerprint density at radius 1 is 0.769 bits per heavy atom. The molecule has 2 N–H and O–H groups in total. The van der Waals surface area contributed by atoms with Crippen LogP contribution in [-0.4, -0.2) is 16.2 Å². The van der Waals surface area contributed by atoms with Gasteiger partial charge in [-0.1, -0.05) is 18.2 Å². The molecular weight excluding hydrogens is 351 g/mol. The molecule has 5 nitrogen and oxygen atoms in total. The molecule has 2 aliphatic heterocycles. The first-order valence-electron chi connectivity index (χ1n) is 7.77. The number of fused-ring (bicyclic) bond motifs is 6. The molecular formula is C20H15O5P. The van der Waals surface area contributed by atoms with Crippen LogP contribution in [0.15, 0.2) is 60.7 Å². The lowest BCUT2D eigenvalue weighted by Gasteiger charge is -2.36.